The van der Waals surface area contributed by atoms with Gasteiger partial charge in [0.15, 0.2) is 0 Å². The van der Waals surface area contributed by atoms with Gasteiger partial charge in [0.25, 0.3) is 0 Å². The van der Waals surface area contributed by atoms with Crippen LogP contribution in [-0.4, -0.2) is 13.2 Å². The van der Waals surface area contributed by atoms with Gasteiger partial charge in [0.2, 0.25) is 0 Å². The third-order valence-corrected chi connectivity index (χ3v) is 9.30. The Kier molecular flexibility index (Phi) is 3.41. The molecule has 84 valence electrons. The quantitative estimate of drug-likeness (QED) is 0.755. The maximum atomic E-state index is 10.4. The minimum Gasteiger partial charge on any atom is -0.392 e. The molecule has 1 N–H and O–H groups in total. The molecule has 0 aromatic heterocycles. The zero-order valence-electron chi connectivity index (χ0n) is 10.4. The molecule has 1 nitrogen and oxygen atoms in total. The van der Waals surface area contributed by atoms with E-state index in [1.165, 1.54) is 0 Å². The maximum absolute atomic E-state index is 10.4. The summed E-state index contributed by atoms with van der Waals surface area (Å²) in [5.41, 5.74) is 0.780. The Balaban J connectivity index is 3.00. The Morgan fingerprint density at radius 3 is 1.93 bits per heavy atom. The Hall–Kier alpha value is -0.603. The van der Waals surface area contributed by atoms with Crippen LogP contribution in [0.5, 0.6) is 0 Å². The molecule has 1 atom stereocenters. The van der Waals surface area contributed by atoms with Gasteiger partial charge >= 0.3 is 0 Å². The van der Waals surface area contributed by atoms with Gasteiger partial charge in [0.1, 0.15) is 0 Å². The topological polar surface area (TPSA) is 20.2 Å². The van der Waals surface area contributed by atoms with E-state index in [2.05, 4.69) is 33.9 Å². The van der Waals surface area contributed by atoms with E-state index in [1.807, 2.05) is 30.3 Å². The first-order valence-electron chi connectivity index (χ1n) is 5.50. The molecular formula is C13H22OSi. The molecule has 0 aliphatic rings. The lowest BCUT2D eigenvalue weighted by Crippen LogP contribution is -2.44. The molecule has 0 heterocycles. The van der Waals surface area contributed by atoms with Crippen molar-refractivity contribution in [1.29, 1.82) is 0 Å². The highest BCUT2D eigenvalue weighted by Gasteiger charge is 2.42. The van der Waals surface area contributed by atoms with Crippen LogP contribution < -0.4 is 0 Å². The Bertz CT molecular complexity index is 311. The van der Waals surface area contributed by atoms with Gasteiger partial charge < -0.3 is 5.11 Å². The SMILES string of the molecule is CC(C)(C)[Si](C)(C)[C@H](O)c1ccccc1. The fourth-order valence-corrected chi connectivity index (χ4v) is 3.31. The lowest BCUT2D eigenvalue weighted by Gasteiger charge is -2.40. The predicted octanol–water partition coefficient (Wildman–Crippen LogP) is 3.77. The fraction of sp³-hybridized carbons (Fsp3) is 0.538. The molecule has 1 aromatic carbocycles. The minimum absolute atomic E-state index is 0.211. The van der Waals surface area contributed by atoms with E-state index in [1.54, 1.807) is 0 Å². The standard InChI is InChI=1S/C13H22OSi/c1-13(2,3)15(4,5)12(14)11-9-7-6-8-10-11/h6-10,12,14H,1-5H3/t12-/m0/s1. The van der Waals surface area contributed by atoms with Crippen LogP contribution in [-0.2, 0) is 0 Å². The normalized spacial score (nSPS) is 15.1. The average Bonchev–Trinajstić information content (AvgIpc) is 2.16. The summed E-state index contributed by atoms with van der Waals surface area (Å²) in [7, 11) is -1.69. The van der Waals surface area contributed by atoms with Crippen molar-refractivity contribution in [3.8, 4) is 0 Å². The summed E-state index contributed by atoms with van der Waals surface area (Å²) in [4.78, 5) is 0. The zero-order chi connectivity index (χ0) is 11.7. The number of rotatable bonds is 2. The number of hydrogen-bond acceptors (Lipinski definition) is 1. The van der Waals surface area contributed by atoms with E-state index in [0.29, 0.717) is 0 Å². The molecular weight excluding hydrogens is 200 g/mol. The number of hydrogen-bond donors (Lipinski definition) is 1. The van der Waals surface area contributed by atoms with Crippen molar-refractivity contribution >= 4 is 8.07 Å². The largest absolute Gasteiger partial charge is 0.392 e. The van der Waals surface area contributed by atoms with Crippen molar-refractivity contribution in [3.63, 3.8) is 0 Å². The first-order valence-corrected chi connectivity index (χ1v) is 8.57. The molecule has 0 aliphatic heterocycles. The first kappa shape index (κ1) is 12.5. The van der Waals surface area contributed by atoms with Gasteiger partial charge in [-0.3, -0.25) is 0 Å². The molecule has 0 spiro atoms. The molecule has 0 amide bonds. The summed E-state index contributed by atoms with van der Waals surface area (Å²) in [6.45, 7) is 11.2. The summed E-state index contributed by atoms with van der Waals surface area (Å²) >= 11 is 0. The van der Waals surface area contributed by atoms with Crippen molar-refractivity contribution < 1.29 is 5.11 Å². The molecule has 0 aliphatic carbocycles. The molecule has 15 heavy (non-hydrogen) atoms. The molecule has 0 saturated heterocycles. The fourth-order valence-electron chi connectivity index (χ4n) is 1.46. The molecule has 0 fully saturated rings. The van der Waals surface area contributed by atoms with Crippen LogP contribution in [0.25, 0.3) is 0 Å². The third kappa shape index (κ3) is 2.50. The van der Waals surface area contributed by atoms with Crippen LogP contribution in [0.3, 0.4) is 0 Å². The molecule has 1 rings (SSSR count). The monoisotopic (exact) mass is 222 g/mol. The number of aliphatic hydroxyl groups is 1. The smallest absolute Gasteiger partial charge is 0.0922 e. The van der Waals surface area contributed by atoms with E-state index in [0.717, 1.165) is 5.56 Å². The highest BCUT2D eigenvalue weighted by atomic mass is 28.3. The van der Waals surface area contributed by atoms with Gasteiger partial charge in [-0.15, -0.1) is 0 Å². The van der Waals surface area contributed by atoms with Gasteiger partial charge in [-0.2, -0.15) is 0 Å². The van der Waals surface area contributed by atoms with Crippen molar-refractivity contribution in [2.75, 3.05) is 0 Å². The highest BCUT2D eigenvalue weighted by Crippen LogP contribution is 2.43. The van der Waals surface area contributed by atoms with Gasteiger partial charge in [0, 0.05) is 0 Å². The van der Waals surface area contributed by atoms with E-state index in [4.69, 9.17) is 0 Å². The molecule has 0 unspecified atom stereocenters. The second-order valence-electron chi connectivity index (χ2n) is 5.78. The molecule has 0 bridgehead atoms. The van der Waals surface area contributed by atoms with Crippen LogP contribution >= 0.6 is 0 Å². The number of aliphatic hydroxyl groups excluding tert-OH is 1. The van der Waals surface area contributed by atoms with Crippen LogP contribution in [0, 0.1) is 0 Å². The van der Waals surface area contributed by atoms with Crippen LogP contribution in [0.1, 0.15) is 32.1 Å². The van der Waals surface area contributed by atoms with Gasteiger partial charge in [0.05, 0.1) is 13.8 Å². The summed E-state index contributed by atoms with van der Waals surface area (Å²) in [6, 6.07) is 10.0. The zero-order valence-corrected chi connectivity index (χ0v) is 11.4. The van der Waals surface area contributed by atoms with Crippen molar-refractivity contribution in [2.45, 2.75) is 44.6 Å². The summed E-state index contributed by atoms with van der Waals surface area (Å²) in [5.74, 6) is 0. The highest BCUT2D eigenvalue weighted by molar-refractivity contribution is 6.81. The lowest BCUT2D eigenvalue weighted by atomic mass is 10.2. The average molecular weight is 222 g/mol. The van der Waals surface area contributed by atoms with Gasteiger partial charge in [-0.25, -0.2) is 0 Å². The molecule has 2 heteroatoms. The van der Waals surface area contributed by atoms with E-state index in [9.17, 15) is 5.11 Å². The first-order chi connectivity index (χ1) is 6.77. The van der Waals surface area contributed by atoms with Crippen molar-refractivity contribution in [1.82, 2.24) is 0 Å². The predicted molar refractivity (Wildman–Crippen MR) is 68.6 cm³/mol. The van der Waals surface area contributed by atoms with Gasteiger partial charge in [-0.1, -0.05) is 64.2 Å². The molecule has 0 saturated carbocycles. The van der Waals surface area contributed by atoms with Crippen LogP contribution in [0.15, 0.2) is 30.3 Å². The van der Waals surface area contributed by atoms with E-state index in [-0.39, 0.29) is 10.8 Å². The molecule has 1 aromatic rings. The summed E-state index contributed by atoms with van der Waals surface area (Å²) in [6.07, 6.45) is 0. The van der Waals surface area contributed by atoms with Gasteiger partial charge in [-0.05, 0) is 10.6 Å². The number of benzene rings is 1. The van der Waals surface area contributed by atoms with E-state index >= 15 is 0 Å². The van der Waals surface area contributed by atoms with Crippen LogP contribution in [0.4, 0.5) is 0 Å². The van der Waals surface area contributed by atoms with Crippen LogP contribution in [0.2, 0.25) is 18.1 Å². The Morgan fingerprint density at radius 2 is 1.53 bits per heavy atom. The molecule has 0 radical (unpaired) electrons. The Labute approximate surface area is 94.2 Å². The maximum Gasteiger partial charge on any atom is 0.0922 e. The van der Waals surface area contributed by atoms with Crippen molar-refractivity contribution in [3.05, 3.63) is 35.9 Å². The minimum atomic E-state index is -1.69. The van der Waals surface area contributed by atoms with Crippen molar-refractivity contribution in [2.24, 2.45) is 0 Å². The van der Waals surface area contributed by atoms with E-state index < -0.39 is 8.07 Å². The lowest BCUT2D eigenvalue weighted by molar-refractivity contribution is 0.243. The second-order valence-corrected chi connectivity index (χ2v) is 11.3. The summed E-state index contributed by atoms with van der Waals surface area (Å²) in [5, 5.41) is 10.7. The second kappa shape index (κ2) is 4.10. The summed E-state index contributed by atoms with van der Waals surface area (Å²) < 4.78 is 0. The Morgan fingerprint density at radius 1 is 1.07 bits per heavy atom. The third-order valence-electron chi connectivity index (χ3n) is 3.73.